The van der Waals surface area contributed by atoms with Gasteiger partial charge in [-0.1, -0.05) is 18.2 Å². The average Bonchev–Trinajstić information content (AvgIpc) is 2.21. The zero-order valence-corrected chi connectivity index (χ0v) is 11.0. The number of fused-ring (bicyclic) bond motifs is 1. The van der Waals surface area contributed by atoms with Crippen molar-refractivity contribution in [3.8, 4) is 5.75 Å². The number of para-hydroxylation sites is 1. The van der Waals surface area contributed by atoms with Crippen molar-refractivity contribution in [2.24, 2.45) is 0 Å². The maximum absolute atomic E-state index is 8.17. The predicted molar refractivity (Wildman–Crippen MR) is 47.8 cm³/mol. The van der Waals surface area contributed by atoms with Gasteiger partial charge in [0.25, 0.3) is 0 Å². The smallest absolute Gasteiger partial charge is 0.122 e. The van der Waals surface area contributed by atoms with E-state index < -0.39 is 0 Å². The first kappa shape index (κ1) is 13.4. The third-order valence-corrected chi connectivity index (χ3v) is 1.82. The van der Waals surface area contributed by atoms with Crippen LogP contribution in [0.1, 0.15) is 13.4 Å². The molecule has 1 aromatic carbocycles. The van der Waals surface area contributed by atoms with Crippen molar-refractivity contribution >= 4 is 16.2 Å². The first-order valence-electron chi connectivity index (χ1n) is 3.91. The van der Waals surface area contributed by atoms with Crippen LogP contribution >= 0.6 is 0 Å². The number of rotatable bonds is 0. The second-order valence-electron chi connectivity index (χ2n) is 2.56. The second kappa shape index (κ2) is 7.73. The molecule has 0 aliphatic carbocycles. The van der Waals surface area contributed by atoms with E-state index in [-0.39, 0.29) is 31.0 Å². The van der Waals surface area contributed by atoms with E-state index >= 15 is 0 Å². The van der Waals surface area contributed by atoms with Gasteiger partial charge in [-0.25, -0.2) is 0 Å². The summed E-state index contributed by atoms with van der Waals surface area (Å²) in [6.07, 6.45) is 2.34. The molecule has 0 N–H and O–H groups in total. The Morgan fingerprint density at radius 1 is 1.31 bits per heavy atom. The van der Waals surface area contributed by atoms with Crippen LogP contribution in [-0.2, 0) is 10.2 Å². The summed E-state index contributed by atoms with van der Waals surface area (Å²) < 4.78 is 13.6. The van der Waals surface area contributed by atoms with Gasteiger partial charge in [0.15, 0.2) is 0 Å². The van der Waals surface area contributed by atoms with Crippen molar-refractivity contribution in [1.29, 1.82) is 0 Å². The monoisotopic (exact) mass is 201 g/mol. The number of ether oxygens (including phenoxy) is 1. The number of hydrogen-bond donors (Lipinski definition) is 0. The third-order valence-electron chi connectivity index (χ3n) is 1.82. The van der Waals surface area contributed by atoms with Crippen molar-refractivity contribution < 1.29 is 39.5 Å². The van der Waals surface area contributed by atoms with Crippen molar-refractivity contribution in [2.75, 3.05) is 6.61 Å². The summed E-state index contributed by atoms with van der Waals surface area (Å²) in [6.45, 7) is 0.886. The molecule has 0 unspecified atom stereocenters. The minimum Gasteiger partial charge on any atom is -0.493 e. The zero-order chi connectivity index (χ0) is 8.81. The molecule has 0 saturated heterocycles. The molecule has 1 aliphatic heterocycles. The van der Waals surface area contributed by atoms with Crippen molar-refractivity contribution in [3.05, 3.63) is 29.8 Å². The van der Waals surface area contributed by atoms with Crippen LogP contribution < -0.4 is 34.3 Å². The standard InChI is InChI=1S/C9H10O.Al.Na.O.H/c1-2-6-9-8(4-1)5-3-7-10-9;;;;/h1-2,4,6H,3,5,7H2;;;;/q;;+1;;-1. The summed E-state index contributed by atoms with van der Waals surface area (Å²) in [4.78, 5) is 0. The van der Waals surface area contributed by atoms with Crippen molar-refractivity contribution in [3.63, 3.8) is 0 Å². The van der Waals surface area contributed by atoms with Crippen LogP contribution in [0.5, 0.6) is 5.75 Å². The van der Waals surface area contributed by atoms with E-state index in [1.54, 1.807) is 0 Å². The van der Waals surface area contributed by atoms with Crippen LogP contribution in [0.3, 0.4) is 0 Å². The summed E-state index contributed by atoms with van der Waals surface area (Å²) in [7, 11) is 0. The van der Waals surface area contributed by atoms with Gasteiger partial charge < -0.3 is 6.16 Å². The van der Waals surface area contributed by atoms with Gasteiger partial charge in [-0.15, -0.1) is 0 Å². The summed E-state index contributed by atoms with van der Waals surface area (Å²) >= 11 is 1.17. The van der Waals surface area contributed by atoms with E-state index in [9.17, 15) is 0 Å². The summed E-state index contributed by atoms with van der Waals surface area (Å²) in [5.41, 5.74) is 1.36. The number of benzene rings is 1. The molecule has 1 aromatic rings. The Morgan fingerprint density at radius 3 is 2.69 bits per heavy atom. The summed E-state index contributed by atoms with van der Waals surface area (Å²) in [6, 6.07) is 8.25. The maximum atomic E-state index is 8.17. The molecule has 4 heteroatoms. The van der Waals surface area contributed by atoms with Crippen LogP contribution in [-0.4, -0.2) is 22.8 Å². The molecule has 0 spiro atoms. The van der Waals surface area contributed by atoms with E-state index in [1.165, 1.54) is 28.2 Å². The van der Waals surface area contributed by atoms with Crippen molar-refractivity contribution in [2.45, 2.75) is 12.8 Å². The van der Waals surface area contributed by atoms with Gasteiger partial charge in [-0.3, -0.25) is 0 Å². The second-order valence-corrected chi connectivity index (χ2v) is 2.56. The fourth-order valence-corrected chi connectivity index (χ4v) is 1.30. The largest absolute Gasteiger partial charge is 0.493 e. The van der Waals surface area contributed by atoms with Crippen LogP contribution in [0, 0.1) is 0 Å². The van der Waals surface area contributed by atoms with Gasteiger partial charge in [0.2, 0.25) is 0 Å². The maximum Gasteiger partial charge on any atom is 0.122 e. The average molecular weight is 201 g/mol. The van der Waals surface area contributed by atoms with Gasteiger partial charge in [0, 0.05) is 0 Å². The van der Waals surface area contributed by atoms with Gasteiger partial charge in [-0.05, 0) is 24.5 Å². The topological polar surface area (TPSA) is 26.3 Å². The van der Waals surface area contributed by atoms with Gasteiger partial charge in [0.1, 0.15) is 5.75 Å². The SMILES string of the molecule is [H-].[Na+].[O]=[Al].c1ccc2c(c1)CCCO2. The first-order valence-corrected chi connectivity index (χ1v) is 4.38. The molecule has 0 bridgehead atoms. The summed E-state index contributed by atoms with van der Waals surface area (Å²) in [5.74, 6) is 1.08. The van der Waals surface area contributed by atoms with E-state index in [2.05, 4.69) is 12.1 Å². The fourth-order valence-electron chi connectivity index (χ4n) is 1.30. The normalized spacial score (nSPS) is 12.2. The Bertz CT molecular complexity index is 235. The molecule has 63 valence electrons. The Hall–Kier alpha value is 0.352. The molecule has 0 amide bonds. The Morgan fingerprint density at radius 2 is 2.00 bits per heavy atom. The van der Waals surface area contributed by atoms with E-state index in [0.717, 1.165) is 18.8 Å². The minimum atomic E-state index is 0. The Labute approximate surface area is 110 Å². The predicted octanol–water partition coefficient (Wildman–Crippen LogP) is -1.37. The molecule has 0 aromatic heterocycles. The van der Waals surface area contributed by atoms with Gasteiger partial charge in [0.05, 0.1) is 6.61 Å². The number of aryl methyl sites for hydroxylation is 1. The summed E-state index contributed by atoms with van der Waals surface area (Å²) in [5, 5.41) is 0. The van der Waals surface area contributed by atoms with Crippen LogP contribution in [0.2, 0.25) is 0 Å². The fraction of sp³-hybridized carbons (Fsp3) is 0.333. The molecule has 2 nitrogen and oxygen atoms in total. The van der Waals surface area contributed by atoms with Crippen LogP contribution in [0.15, 0.2) is 24.3 Å². The molecular formula is C9H11AlNaO2. The van der Waals surface area contributed by atoms with Crippen LogP contribution in [0.25, 0.3) is 0 Å². The minimum absolute atomic E-state index is 0. The molecule has 2 rings (SSSR count). The zero-order valence-electron chi connectivity index (χ0n) is 8.82. The van der Waals surface area contributed by atoms with E-state index in [0.29, 0.717) is 0 Å². The molecule has 1 radical (unpaired) electrons. The molecule has 13 heavy (non-hydrogen) atoms. The molecule has 1 aliphatic rings. The van der Waals surface area contributed by atoms with Gasteiger partial charge >= 0.3 is 49.6 Å². The molecule has 0 atom stereocenters. The Balaban J connectivity index is 0. The third kappa shape index (κ3) is 3.93. The molecular weight excluding hydrogens is 190 g/mol. The van der Waals surface area contributed by atoms with Crippen molar-refractivity contribution in [1.82, 2.24) is 0 Å². The quantitative estimate of drug-likeness (QED) is 0.484. The van der Waals surface area contributed by atoms with Crippen LogP contribution in [0.4, 0.5) is 0 Å². The van der Waals surface area contributed by atoms with E-state index in [4.69, 9.17) is 8.54 Å². The van der Waals surface area contributed by atoms with E-state index in [1.807, 2.05) is 12.1 Å². The molecule has 0 saturated carbocycles. The molecule has 1 heterocycles. The number of hydrogen-bond acceptors (Lipinski definition) is 2. The first-order chi connectivity index (χ1) is 5.97. The molecule has 0 fully saturated rings. The Kier molecular flexibility index (Phi) is 7.94. The van der Waals surface area contributed by atoms with Gasteiger partial charge in [-0.2, -0.15) is 0 Å².